The van der Waals surface area contributed by atoms with E-state index in [0.717, 1.165) is 5.69 Å². The van der Waals surface area contributed by atoms with Crippen LogP contribution in [0.2, 0.25) is 0 Å². The molecule has 1 aromatic carbocycles. The van der Waals surface area contributed by atoms with Crippen molar-refractivity contribution in [1.29, 1.82) is 0 Å². The van der Waals surface area contributed by atoms with Gasteiger partial charge in [0, 0.05) is 11.9 Å². The molecule has 0 unspecified atom stereocenters. The van der Waals surface area contributed by atoms with Crippen LogP contribution in [0.1, 0.15) is 52.0 Å². The minimum atomic E-state index is -0.187. The molecule has 0 heterocycles. The summed E-state index contributed by atoms with van der Waals surface area (Å²) < 4.78 is 0. The molecule has 1 fully saturated rings. The van der Waals surface area contributed by atoms with Gasteiger partial charge in [0.15, 0.2) is 0 Å². The van der Waals surface area contributed by atoms with Gasteiger partial charge in [-0.25, -0.2) is 4.79 Å². The van der Waals surface area contributed by atoms with Crippen LogP contribution in [-0.2, 0) is 5.41 Å². The van der Waals surface area contributed by atoms with Gasteiger partial charge in [-0.2, -0.15) is 0 Å². The Bertz CT molecular complexity index is 491. The zero-order valence-corrected chi connectivity index (χ0v) is 13.3. The molecule has 21 heavy (non-hydrogen) atoms. The monoisotopic (exact) mass is 286 g/mol. The van der Waals surface area contributed by atoms with Gasteiger partial charge in [-0.1, -0.05) is 51.8 Å². The van der Waals surface area contributed by atoms with Crippen LogP contribution in [0.5, 0.6) is 0 Å². The van der Waals surface area contributed by atoms with Gasteiger partial charge in [0.05, 0.1) is 0 Å². The number of carbonyl (C=O) groups excluding carboxylic acids is 1. The van der Waals surface area contributed by atoms with E-state index in [1.807, 2.05) is 12.1 Å². The molecule has 3 heteroatoms. The molecular weight excluding hydrogens is 260 g/mol. The average molecular weight is 286 g/mol. The molecule has 0 aromatic heterocycles. The largest absolute Gasteiger partial charge is 0.323 e. The van der Waals surface area contributed by atoms with E-state index in [4.69, 9.17) is 0 Å². The molecule has 0 aliphatic heterocycles. The Morgan fingerprint density at radius 2 is 1.76 bits per heavy atom. The van der Waals surface area contributed by atoms with Gasteiger partial charge in [0.1, 0.15) is 0 Å². The number of nitrogens with one attached hydrogen (secondary N) is 2. The predicted molar refractivity (Wildman–Crippen MR) is 88.4 cm³/mol. The third-order valence-corrected chi connectivity index (χ3v) is 3.99. The van der Waals surface area contributed by atoms with Crippen molar-refractivity contribution in [3.63, 3.8) is 0 Å². The number of carbonyl (C=O) groups is 1. The standard InChI is InChI=1S/C18H26N2O/c1-18(2,3)15-8-10-16(11-9-15)20-17(21)19-13-12-14-6-4-5-7-14/h8-14H,4-7H2,1-3H3,(H2,19,20,21)/b13-12+. The summed E-state index contributed by atoms with van der Waals surface area (Å²) in [6.45, 7) is 6.53. The van der Waals surface area contributed by atoms with Crippen molar-refractivity contribution in [1.82, 2.24) is 5.32 Å². The molecular formula is C18H26N2O. The maximum Gasteiger partial charge on any atom is 0.323 e. The molecule has 114 valence electrons. The zero-order valence-electron chi connectivity index (χ0n) is 13.3. The lowest BCUT2D eigenvalue weighted by molar-refractivity contribution is 0.255. The molecule has 1 saturated carbocycles. The van der Waals surface area contributed by atoms with Crippen molar-refractivity contribution in [2.24, 2.45) is 5.92 Å². The summed E-state index contributed by atoms with van der Waals surface area (Å²) in [5, 5.41) is 5.62. The average Bonchev–Trinajstić information content (AvgIpc) is 2.91. The molecule has 0 atom stereocenters. The minimum absolute atomic E-state index is 0.130. The quantitative estimate of drug-likeness (QED) is 0.822. The van der Waals surface area contributed by atoms with Crippen molar-refractivity contribution in [3.05, 3.63) is 42.1 Å². The first kappa shape index (κ1) is 15.6. The highest BCUT2D eigenvalue weighted by atomic mass is 16.2. The summed E-state index contributed by atoms with van der Waals surface area (Å²) >= 11 is 0. The Morgan fingerprint density at radius 3 is 2.33 bits per heavy atom. The first-order valence-corrected chi connectivity index (χ1v) is 7.80. The van der Waals surface area contributed by atoms with Gasteiger partial charge in [-0.15, -0.1) is 0 Å². The van der Waals surface area contributed by atoms with Crippen LogP contribution < -0.4 is 10.6 Å². The first-order valence-electron chi connectivity index (χ1n) is 7.80. The van der Waals surface area contributed by atoms with Gasteiger partial charge in [0.2, 0.25) is 0 Å². The molecule has 0 spiro atoms. The topological polar surface area (TPSA) is 41.1 Å². The van der Waals surface area contributed by atoms with Crippen LogP contribution in [0.4, 0.5) is 10.5 Å². The second kappa shape index (κ2) is 6.79. The smallest absolute Gasteiger partial charge is 0.315 e. The lowest BCUT2D eigenvalue weighted by Gasteiger charge is -2.19. The maximum absolute atomic E-state index is 11.8. The molecule has 0 radical (unpaired) electrons. The fourth-order valence-electron chi connectivity index (χ4n) is 2.63. The molecule has 0 saturated heterocycles. The number of benzene rings is 1. The summed E-state index contributed by atoms with van der Waals surface area (Å²) in [5.74, 6) is 0.636. The van der Waals surface area contributed by atoms with Crippen LogP contribution in [0.15, 0.2) is 36.5 Å². The lowest BCUT2D eigenvalue weighted by atomic mass is 9.87. The Kier molecular flexibility index (Phi) is 5.05. The third-order valence-electron chi connectivity index (χ3n) is 3.99. The number of hydrogen-bond acceptors (Lipinski definition) is 1. The molecule has 1 aromatic rings. The number of hydrogen-bond donors (Lipinski definition) is 2. The molecule has 0 bridgehead atoms. The third kappa shape index (κ3) is 4.92. The van der Waals surface area contributed by atoms with E-state index in [1.54, 1.807) is 6.20 Å². The molecule has 2 rings (SSSR count). The highest BCUT2D eigenvalue weighted by molar-refractivity contribution is 5.89. The maximum atomic E-state index is 11.8. The summed E-state index contributed by atoms with van der Waals surface area (Å²) in [6.07, 6.45) is 8.98. The second-order valence-corrected chi connectivity index (χ2v) is 6.83. The Balaban J connectivity index is 1.82. The van der Waals surface area contributed by atoms with Gasteiger partial charge in [-0.05, 0) is 41.9 Å². The summed E-state index contributed by atoms with van der Waals surface area (Å²) in [4.78, 5) is 11.8. The molecule has 1 aliphatic carbocycles. The lowest BCUT2D eigenvalue weighted by Crippen LogP contribution is -2.24. The van der Waals surface area contributed by atoms with Crippen molar-refractivity contribution >= 4 is 11.7 Å². The second-order valence-electron chi connectivity index (χ2n) is 6.83. The van der Waals surface area contributed by atoms with E-state index in [1.165, 1.54) is 31.2 Å². The zero-order chi connectivity index (χ0) is 15.3. The Morgan fingerprint density at radius 1 is 1.14 bits per heavy atom. The van der Waals surface area contributed by atoms with Gasteiger partial charge in [0.25, 0.3) is 0 Å². The molecule has 2 amide bonds. The highest BCUT2D eigenvalue weighted by Crippen LogP contribution is 2.25. The predicted octanol–water partition coefficient (Wildman–Crippen LogP) is 4.81. The minimum Gasteiger partial charge on any atom is -0.315 e. The van der Waals surface area contributed by atoms with E-state index in [9.17, 15) is 4.79 Å². The summed E-state index contributed by atoms with van der Waals surface area (Å²) in [6, 6.07) is 7.82. The number of anilines is 1. The van der Waals surface area contributed by atoms with E-state index < -0.39 is 0 Å². The normalized spacial score (nSPS) is 16.3. The molecule has 2 N–H and O–H groups in total. The number of rotatable bonds is 3. The van der Waals surface area contributed by atoms with Crippen molar-refractivity contribution < 1.29 is 4.79 Å². The van der Waals surface area contributed by atoms with Gasteiger partial charge >= 0.3 is 6.03 Å². The SMILES string of the molecule is CC(C)(C)c1ccc(NC(=O)N/C=C/C2CCCC2)cc1. The van der Waals surface area contributed by atoms with Crippen LogP contribution in [0.3, 0.4) is 0 Å². The molecule has 1 aliphatic rings. The fraction of sp³-hybridized carbons (Fsp3) is 0.500. The van der Waals surface area contributed by atoms with Gasteiger partial charge < -0.3 is 10.6 Å². The van der Waals surface area contributed by atoms with Crippen LogP contribution in [0.25, 0.3) is 0 Å². The first-order chi connectivity index (χ1) is 9.95. The van der Waals surface area contributed by atoms with Crippen LogP contribution in [-0.4, -0.2) is 6.03 Å². The highest BCUT2D eigenvalue weighted by Gasteiger charge is 2.13. The molecule has 3 nitrogen and oxygen atoms in total. The van der Waals surface area contributed by atoms with Crippen molar-refractivity contribution in [3.8, 4) is 0 Å². The van der Waals surface area contributed by atoms with Gasteiger partial charge in [-0.3, -0.25) is 0 Å². The Labute approximate surface area is 127 Å². The number of amides is 2. The number of allylic oxidation sites excluding steroid dienone is 1. The van der Waals surface area contributed by atoms with E-state index >= 15 is 0 Å². The van der Waals surface area contributed by atoms with Crippen LogP contribution >= 0.6 is 0 Å². The number of urea groups is 1. The van der Waals surface area contributed by atoms with E-state index in [0.29, 0.717) is 5.92 Å². The summed E-state index contributed by atoms with van der Waals surface area (Å²) in [5.41, 5.74) is 2.20. The van der Waals surface area contributed by atoms with Crippen molar-refractivity contribution in [2.75, 3.05) is 5.32 Å². The van der Waals surface area contributed by atoms with Crippen LogP contribution in [0, 0.1) is 5.92 Å². The van der Waals surface area contributed by atoms with E-state index in [2.05, 4.69) is 49.6 Å². The van der Waals surface area contributed by atoms with E-state index in [-0.39, 0.29) is 11.4 Å². The summed E-state index contributed by atoms with van der Waals surface area (Å²) in [7, 11) is 0. The fourth-order valence-corrected chi connectivity index (χ4v) is 2.63. The Hall–Kier alpha value is -1.77. The van der Waals surface area contributed by atoms with Crippen molar-refractivity contribution in [2.45, 2.75) is 51.9 Å².